The van der Waals surface area contributed by atoms with E-state index in [1.165, 1.54) is 0 Å². The van der Waals surface area contributed by atoms with Gasteiger partial charge in [-0.3, -0.25) is 0 Å². The molecule has 1 heterocycles. The van der Waals surface area contributed by atoms with Gasteiger partial charge in [0.1, 0.15) is 5.82 Å². The Kier molecular flexibility index (Phi) is 3.76. The SMILES string of the molecule is CCCCc1cnn(CCO)c1N. The maximum Gasteiger partial charge on any atom is 0.124 e. The Hall–Kier alpha value is -1.03. The highest BCUT2D eigenvalue weighted by Crippen LogP contribution is 2.13. The third-order valence-corrected chi connectivity index (χ3v) is 2.07. The van der Waals surface area contributed by atoms with Crippen LogP contribution in [0.15, 0.2) is 6.20 Å². The fourth-order valence-corrected chi connectivity index (χ4v) is 1.27. The van der Waals surface area contributed by atoms with E-state index in [-0.39, 0.29) is 6.61 Å². The average molecular weight is 183 g/mol. The molecule has 0 aromatic carbocycles. The van der Waals surface area contributed by atoms with E-state index >= 15 is 0 Å². The molecule has 3 N–H and O–H groups in total. The van der Waals surface area contributed by atoms with Crippen LogP contribution in [0, 0.1) is 0 Å². The zero-order chi connectivity index (χ0) is 9.68. The van der Waals surface area contributed by atoms with Crippen molar-refractivity contribution in [3.63, 3.8) is 0 Å². The molecule has 13 heavy (non-hydrogen) atoms. The van der Waals surface area contributed by atoms with Crippen molar-refractivity contribution in [1.29, 1.82) is 0 Å². The van der Waals surface area contributed by atoms with E-state index in [2.05, 4.69) is 12.0 Å². The normalized spacial score (nSPS) is 10.6. The van der Waals surface area contributed by atoms with Crippen molar-refractivity contribution in [3.05, 3.63) is 11.8 Å². The molecular formula is C9H17N3O. The van der Waals surface area contributed by atoms with Gasteiger partial charge >= 0.3 is 0 Å². The van der Waals surface area contributed by atoms with Crippen molar-refractivity contribution in [3.8, 4) is 0 Å². The number of hydrogen-bond acceptors (Lipinski definition) is 3. The molecule has 0 aliphatic heterocycles. The monoisotopic (exact) mass is 183 g/mol. The third kappa shape index (κ3) is 2.45. The van der Waals surface area contributed by atoms with Gasteiger partial charge in [0.15, 0.2) is 0 Å². The summed E-state index contributed by atoms with van der Waals surface area (Å²) >= 11 is 0. The second kappa shape index (κ2) is 4.87. The number of nitrogen functional groups attached to an aromatic ring is 1. The summed E-state index contributed by atoms with van der Waals surface area (Å²) in [7, 11) is 0. The number of aryl methyl sites for hydroxylation is 1. The van der Waals surface area contributed by atoms with E-state index in [1.807, 2.05) is 0 Å². The van der Waals surface area contributed by atoms with Gasteiger partial charge in [-0.15, -0.1) is 0 Å². The van der Waals surface area contributed by atoms with Gasteiger partial charge in [-0.2, -0.15) is 5.10 Å². The predicted octanol–water partition coefficient (Wildman–Crippen LogP) is 0.800. The summed E-state index contributed by atoms with van der Waals surface area (Å²) in [6.07, 6.45) is 5.06. The first-order valence-corrected chi connectivity index (χ1v) is 4.70. The summed E-state index contributed by atoms with van der Waals surface area (Å²) in [5, 5.41) is 12.8. The van der Waals surface area contributed by atoms with Crippen LogP contribution in [0.2, 0.25) is 0 Å². The zero-order valence-corrected chi connectivity index (χ0v) is 8.03. The molecule has 74 valence electrons. The summed E-state index contributed by atoms with van der Waals surface area (Å²) in [6, 6.07) is 0. The Balaban J connectivity index is 2.62. The van der Waals surface area contributed by atoms with Gasteiger partial charge in [-0.1, -0.05) is 13.3 Å². The van der Waals surface area contributed by atoms with Crippen LogP contribution in [-0.4, -0.2) is 21.5 Å². The molecule has 0 aliphatic carbocycles. The smallest absolute Gasteiger partial charge is 0.124 e. The van der Waals surface area contributed by atoms with Gasteiger partial charge in [0.05, 0.1) is 19.3 Å². The van der Waals surface area contributed by atoms with Crippen molar-refractivity contribution >= 4 is 5.82 Å². The first-order chi connectivity index (χ1) is 6.29. The van der Waals surface area contributed by atoms with E-state index in [9.17, 15) is 0 Å². The van der Waals surface area contributed by atoms with Crippen LogP contribution in [0.25, 0.3) is 0 Å². The lowest BCUT2D eigenvalue weighted by atomic mass is 10.1. The highest BCUT2D eigenvalue weighted by molar-refractivity contribution is 5.38. The van der Waals surface area contributed by atoms with Crippen LogP contribution in [0.4, 0.5) is 5.82 Å². The largest absolute Gasteiger partial charge is 0.394 e. The Bertz CT molecular complexity index is 257. The summed E-state index contributed by atoms with van der Waals surface area (Å²) in [5.41, 5.74) is 6.91. The third-order valence-electron chi connectivity index (χ3n) is 2.07. The van der Waals surface area contributed by atoms with Gasteiger partial charge in [0.25, 0.3) is 0 Å². The number of anilines is 1. The molecule has 1 aromatic rings. The first-order valence-electron chi connectivity index (χ1n) is 4.70. The minimum absolute atomic E-state index is 0.0824. The van der Waals surface area contributed by atoms with E-state index in [1.54, 1.807) is 10.9 Å². The van der Waals surface area contributed by atoms with Crippen molar-refractivity contribution in [2.45, 2.75) is 32.7 Å². The second-order valence-corrected chi connectivity index (χ2v) is 3.11. The number of rotatable bonds is 5. The lowest BCUT2D eigenvalue weighted by Gasteiger charge is -2.02. The maximum atomic E-state index is 8.71. The molecule has 4 heteroatoms. The van der Waals surface area contributed by atoms with Gasteiger partial charge in [0.2, 0.25) is 0 Å². The summed E-state index contributed by atoms with van der Waals surface area (Å²) in [6.45, 7) is 2.71. The molecule has 0 radical (unpaired) electrons. The van der Waals surface area contributed by atoms with Crippen molar-refractivity contribution in [2.24, 2.45) is 0 Å². The van der Waals surface area contributed by atoms with Crippen LogP contribution >= 0.6 is 0 Å². The molecule has 0 fully saturated rings. The molecule has 0 bridgehead atoms. The van der Waals surface area contributed by atoms with Crippen molar-refractivity contribution in [1.82, 2.24) is 9.78 Å². The maximum absolute atomic E-state index is 8.71. The summed E-state index contributed by atoms with van der Waals surface area (Å²) in [4.78, 5) is 0. The van der Waals surface area contributed by atoms with E-state index in [0.29, 0.717) is 12.4 Å². The topological polar surface area (TPSA) is 64.1 Å². The summed E-state index contributed by atoms with van der Waals surface area (Å²) < 4.78 is 1.64. The van der Waals surface area contributed by atoms with Crippen LogP contribution in [0.3, 0.4) is 0 Å². The number of nitrogens with two attached hydrogens (primary N) is 1. The van der Waals surface area contributed by atoms with Gasteiger partial charge < -0.3 is 10.8 Å². The van der Waals surface area contributed by atoms with E-state index in [0.717, 1.165) is 24.8 Å². The van der Waals surface area contributed by atoms with E-state index < -0.39 is 0 Å². The van der Waals surface area contributed by atoms with Crippen molar-refractivity contribution < 1.29 is 5.11 Å². The number of nitrogens with zero attached hydrogens (tertiary/aromatic N) is 2. The van der Waals surface area contributed by atoms with Crippen LogP contribution in [0.5, 0.6) is 0 Å². The lowest BCUT2D eigenvalue weighted by Crippen LogP contribution is -2.08. The second-order valence-electron chi connectivity index (χ2n) is 3.11. The Morgan fingerprint density at radius 2 is 2.38 bits per heavy atom. The molecule has 1 aromatic heterocycles. The number of unbranched alkanes of at least 4 members (excludes halogenated alkanes) is 1. The molecule has 1 rings (SSSR count). The minimum Gasteiger partial charge on any atom is -0.394 e. The van der Waals surface area contributed by atoms with Gasteiger partial charge in [-0.05, 0) is 12.8 Å². The minimum atomic E-state index is 0.0824. The van der Waals surface area contributed by atoms with E-state index in [4.69, 9.17) is 10.8 Å². The molecular weight excluding hydrogens is 166 g/mol. The van der Waals surface area contributed by atoms with Crippen LogP contribution in [0.1, 0.15) is 25.3 Å². The lowest BCUT2D eigenvalue weighted by molar-refractivity contribution is 0.270. The van der Waals surface area contributed by atoms with Crippen LogP contribution < -0.4 is 5.73 Å². The molecule has 0 saturated carbocycles. The molecule has 0 spiro atoms. The standard InChI is InChI=1S/C9H17N3O/c1-2-3-4-8-7-11-12(5-6-13)9(8)10/h7,13H,2-6,10H2,1H3. The van der Waals surface area contributed by atoms with Crippen molar-refractivity contribution in [2.75, 3.05) is 12.3 Å². The highest BCUT2D eigenvalue weighted by Gasteiger charge is 2.05. The Labute approximate surface area is 78.4 Å². The molecule has 0 atom stereocenters. The summed E-state index contributed by atoms with van der Waals surface area (Å²) in [5.74, 6) is 0.697. The quantitative estimate of drug-likeness (QED) is 0.709. The number of aliphatic hydroxyl groups is 1. The first kappa shape index (κ1) is 10.1. The highest BCUT2D eigenvalue weighted by atomic mass is 16.3. The number of aliphatic hydroxyl groups excluding tert-OH is 1. The molecule has 0 aliphatic rings. The Morgan fingerprint density at radius 1 is 1.62 bits per heavy atom. The van der Waals surface area contributed by atoms with Crippen LogP contribution in [-0.2, 0) is 13.0 Å². The zero-order valence-electron chi connectivity index (χ0n) is 8.03. The molecule has 0 unspecified atom stereocenters. The molecule has 4 nitrogen and oxygen atoms in total. The molecule has 0 saturated heterocycles. The fourth-order valence-electron chi connectivity index (χ4n) is 1.27. The molecule has 0 amide bonds. The number of hydrogen-bond donors (Lipinski definition) is 2. The predicted molar refractivity (Wildman–Crippen MR) is 52.3 cm³/mol. The number of aromatic nitrogens is 2. The van der Waals surface area contributed by atoms with Gasteiger partial charge in [0, 0.05) is 5.56 Å². The average Bonchev–Trinajstić information content (AvgIpc) is 2.46. The Morgan fingerprint density at radius 3 is 3.00 bits per heavy atom. The van der Waals surface area contributed by atoms with Gasteiger partial charge in [-0.25, -0.2) is 4.68 Å². The fraction of sp³-hybridized carbons (Fsp3) is 0.667.